The quantitative estimate of drug-likeness (QED) is 0.523. The summed E-state index contributed by atoms with van der Waals surface area (Å²) in [6.07, 6.45) is 0.880. The maximum absolute atomic E-state index is 12.3. The standard InChI is InChI=1S/C6H5ClFNO2S/c1-4-2-5(12(8,10)11)3-9-6(4)7/h2-3H,1H3. The van der Waals surface area contributed by atoms with Crippen LogP contribution < -0.4 is 0 Å². The third-order valence-electron chi connectivity index (χ3n) is 1.27. The van der Waals surface area contributed by atoms with Crippen molar-refractivity contribution in [2.24, 2.45) is 0 Å². The normalized spacial score (nSPS) is 11.6. The van der Waals surface area contributed by atoms with Crippen LogP contribution in [0.5, 0.6) is 0 Å². The summed E-state index contributed by atoms with van der Waals surface area (Å²) in [5.41, 5.74) is 0.426. The lowest BCUT2D eigenvalue weighted by molar-refractivity contribution is 0.551. The Morgan fingerprint density at radius 3 is 2.58 bits per heavy atom. The van der Waals surface area contributed by atoms with Crippen molar-refractivity contribution < 1.29 is 12.3 Å². The fourth-order valence-corrected chi connectivity index (χ4v) is 1.27. The molecule has 0 aliphatic carbocycles. The van der Waals surface area contributed by atoms with Gasteiger partial charge in [0.25, 0.3) is 0 Å². The van der Waals surface area contributed by atoms with E-state index in [2.05, 4.69) is 4.98 Å². The van der Waals surface area contributed by atoms with E-state index in [0.29, 0.717) is 5.56 Å². The molecule has 0 saturated carbocycles. The van der Waals surface area contributed by atoms with Gasteiger partial charge in [0.2, 0.25) is 0 Å². The van der Waals surface area contributed by atoms with E-state index in [1.165, 1.54) is 0 Å². The van der Waals surface area contributed by atoms with Crippen LogP contribution >= 0.6 is 11.6 Å². The molecule has 1 aromatic heterocycles. The van der Waals surface area contributed by atoms with Crippen LogP contribution in [0.25, 0.3) is 0 Å². The zero-order chi connectivity index (χ0) is 9.35. The van der Waals surface area contributed by atoms with Crippen LogP contribution in [0.2, 0.25) is 5.15 Å². The van der Waals surface area contributed by atoms with E-state index in [1.54, 1.807) is 6.92 Å². The number of hydrogen-bond acceptors (Lipinski definition) is 3. The lowest BCUT2D eigenvalue weighted by Crippen LogP contribution is -1.94. The second-order valence-electron chi connectivity index (χ2n) is 2.22. The minimum atomic E-state index is -4.66. The molecule has 6 heteroatoms. The largest absolute Gasteiger partial charge is 0.333 e. The summed E-state index contributed by atoms with van der Waals surface area (Å²) in [5.74, 6) is 0. The molecule has 12 heavy (non-hydrogen) atoms. The number of aryl methyl sites for hydroxylation is 1. The van der Waals surface area contributed by atoms with Gasteiger partial charge in [-0.2, -0.15) is 8.42 Å². The summed E-state index contributed by atoms with van der Waals surface area (Å²) in [6.45, 7) is 1.55. The Labute approximate surface area is 74.4 Å². The molecule has 1 heterocycles. The molecule has 0 bridgehead atoms. The number of rotatable bonds is 1. The minimum absolute atomic E-state index is 0.169. The molecular formula is C6H5ClFNO2S. The molecule has 0 aliphatic rings. The van der Waals surface area contributed by atoms with Crippen molar-refractivity contribution in [3.05, 3.63) is 23.0 Å². The van der Waals surface area contributed by atoms with Crippen molar-refractivity contribution in [2.45, 2.75) is 11.8 Å². The predicted molar refractivity (Wildman–Crippen MR) is 42.3 cm³/mol. The van der Waals surface area contributed by atoms with Gasteiger partial charge < -0.3 is 0 Å². The van der Waals surface area contributed by atoms with Crippen LogP contribution in [-0.2, 0) is 10.2 Å². The first-order valence-electron chi connectivity index (χ1n) is 2.98. The molecule has 0 aliphatic heterocycles. The fourth-order valence-electron chi connectivity index (χ4n) is 0.666. The van der Waals surface area contributed by atoms with Gasteiger partial charge in [0.15, 0.2) is 0 Å². The Hall–Kier alpha value is -0.680. The van der Waals surface area contributed by atoms with Crippen LogP contribution in [-0.4, -0.2) is 13.4 Å². The number of halogens is 2. The average Bonchev–Trinajstić information content (AvgIpc) is 1.92. The topological polar surface area (TPSA) is 47.0 Å². The van der Waals surface area contributed by atoms with Gasteiger partial charge in [-0.15, -0.1) is 3.89 Å². The highest BCUT2D eigenvalue weighted by atomic mass is 35.5. The first kappa shape index (κ1) is 9.41. The van der Waals surface area contributed by atoms with E-state index < -0.39 is 15.1 Å². The van der Waals surface area contributed by atoms with Crippen LogP contribution in [0.15, 0.2) is 17.2 Å². The smallest absolute Gasteiger partial charge is 0.243 e. The third-order valence-corrected chi connectivity index (χ3v) is 2.45. The lowest BCUT2D eigenvalue weighted by atomic mass is 10.3. The molecule has 0 atom stereocenters. The highest BCUT2D eigenvalue weighted by molar-refractivity contribution is 7.86. The van der Waals surface area contributed by atoms with Crippen LogP contribution in [0.4, 0.5) is 3.89 Å². The van der Waals surface area contributed by atoms with E-state index in [-0.39, 0.29) is 5.15 Å². The van der Waals surface area contributed by atoms with E-state index in [1.807, 2.05) is 0 Å². The van der Waals surface area contributed by atoms with Gasteiger partial charge in [0.05, 0.1) is 0 Å². The fraction of sp³-hybridized carbons (Fsp3) is 0.167. The van der Waals surface area contributed by atoms with Crippen molar-refractivity contribution >= 4 is 21.8 Å². The van der Waals surface area contributed by atoms with Gasteiger partial charge in [-0.05, 0) is 18.6 Å². The number of aromatic nitrogens is 1. The first-order valence-corrected chi connectivity index (χ1v) is 4.74. The Kier molecular flexibility index (Phi) is 2.34. The highest BCUT2D eigenvalue weighted by Gasteiger charge is 2.13. The summed E-state index contributed by atoms with van der Waals surface area (Å²) in [4.78, 5) is 3.02. The van der Waals surface area contributed by atoms with Gasteiger partial charge in [-0.3, -0.25) is 0 Å². The molecule has 0 spiro atoms. The molecule has 0 amide bonds. The minimum Gasteiger partial charge on any atom is -0.243 e. The molecule has 0 fully saturated rings. The van der Waals surface area contributed by atoms with E-state index >= 15 is 0 Å². The van der Waals surface area contributed by atoms with Gasteiger partial charge in [-0.25, -0.2) is 4.98 Å². The van der Waals surface area contributed by atoms with Crippen LogP contribution in [0.3, 0.4) is 0 Å². The summed E-state index contributed by atoms with van der Waals surface area (Å²) < 4.78 is 33.0. The third kappa shape index (κ3) is 1.92. The summed E-state index contributed by atoms with van der Waals surface area (Å²) in [7, 11) is -4.66. The van der Waals surface area contributed by atoms with E-state index in [0.717, 1.165) is 12.3 Å². The average molecular weight is 210 g/mol. The maximum Gasteiger partial charge on any atom is 0.333 e. The van der Waals surface area contributed by atoms with Gasteiger partial charge in [0, 0.05) is 6.20 Å². The van der Waals surface area contributed by atoms with E-state index in [4.69, 9.17) is 11.6 Å². The maximum atomic E-state index is 12.3. The summed E-state index contributed by atoms with van der Waals surface area (Å²) in [5, 5.41) is 0.169. The first-order chi connectivity index (χ1) is 5.41. The Balaban J connectivity index is 3.33. The molecule has 1 aromatic rings. The Bertz CT molecular complexity index is 404. The van der Waals surface area contributed by atoms with Crippen molar-refractivity contribution in [2.75, 3.05) is 0 Å². The Morgan fingerprint density at radius 1 is 1.58 bits per heavy atom. The van der Waals surface area contributed by atoms with Crippen LogP contribution in [0.1, 0.15) is 5.56 Å². The van der Waals surface area contributed by atoms with Gasteiger partial charge in [-0.1, -0.05) is 11.6 Å². The van der Waals surface area contributed by atoms with Crippen molar-refractivity contribution in [1.82, 2.24) is 4.98 Å². The highest BCUT2D eigenvalue weighted by Crippen LogP contribution is 2.17. The zero-order valence-electron chi connectivity index (χ0n) is 6.08. The molecule has 0 radical (unpaired) electrons. The molecule has 0 saturated heterocycles. The number of hydrogen-bond donors (Lipinski definition) is 0. The van der Waals surface area contributed by atoms with Crippen molar-refractivity contribution in [3.8, 4) is 0 Å². The molecule has 0 aromatic carbocycles. The van der Waals surface area contributed by atoms with Crippen molar-refractivity contribution in [3.63, 3.8) is 0 Å². The molecule has 0 N–H and O–H groups in total. The molecule has 1 rings (SSSR count). The summed E-state index contributed by atoms with van der Waals surface area (Å²) in [6, 6.07) is 1.13. The predicted octanol–water partition coefficient (Wildman–Crippen LogP) is 1.70. The number of nitrogens with zero attached hydrogens (tertiary/aromatic N) is 1. The monoisotopic (exact) mass is 209 g/mol. The molecular weight excluding hydrogens is 205 g/mol. The van der Waals surface area contributed by atoms with Crippen molar-refractivity contribution in [1.29, 1.82) is 0 Å². The molecule has 3 nitrogen and oxygen atoms in total. The van der Waals surface area contributed by atoms with E-state index in [9.17, 15) is 12.3 Å². The number of pyridine rings is 1. The zero-order valence-corrected chi connectivity index (χ0v) is 7.66. The molecule has 66 valence electrons. The summed E-state index contributed by atoms with van der Waals surface area (Å²) >= 11 is 5.50. The second-order valence-corrected chi connectivity index (χ2v) is 3.92. The SMILES string of the molecule is Cc1cc(S(=O)(=O)F)cnc1Cl. The lowest BCUT2D eigenvalue weighted by Gasteiger charge is -1.97. The van der Waals surface area contributed by atoms with Gasteiger partial charge >= 0.3 is 10.2 Å². The molecule has 0 unspecified atom stereocenters. The Morgan fingerprint density at radius 2 is 2.17 bits per heavy atom. The second kappa shape index (κ2) is 2.99. The van der Waals surface area contributed by atoms with Crippen LogP contribution in [0, 0.1) is 6.92 Å². The van der Waals surface area contributed by atoms with Gasteiger partial charge in [0.1, 0.15) is 10.0 Å².